The second-order valence-electron chi connectivity index (χ2n) is 6.67. The van der Waals surface area contributed by atoms with Crippen LogP contribution < -0.4 is 15.5 Å². The minimum Gasteiger partial charge on any atom is -0.506 e. The molecule has 7 nitrogen and oxygen atoms in total. The van der Waals surface area contributed by atoms with Gasteiger partial charge in [-0.15, -0.1) is 0 Å². The number of hydrogen-bond donors (Lipinski definition) is 3. The molecule has 1 heterocycles. The Balaban J connectivity index is 1.44. The third kappa shape index (κ3) is 5.32. The number of piperazine rings is 1. The van der Waals surface area contributed by atoms with Crippen LogP contribution in [0.1, 0.15) is 10.4 Å². The summed E-state index contributed by atoms with van der Waals surface area (Å²) < 4.78 is 0. The van der Waals surface area contributed by atoms with Crippen LogP contribution in [0.25, 0.3) is 0 Å². The zero-order chi connectivity index (χ0) is 20.6. The molecule has 1 amide bonds. The molecule has 0 bridgehead atoms. The van der Waals surface area contributed by atoms with Crippen molar-refractivity contribution in [2.45, 2.75) is 0 Å². The van der Waals surface area contributed by atoms with E-state index < -0.39 is 0 Å². The van der Waals surface area contributed by atoms with Crippen LogP contribution in [0.2, 0.25) is 5.02 Å². The molecule has 29 heavy (non-hydrogen) atoms. The average Bonchev–Trinajstić information content (AvgIpc) is 2.75. The monoisotopic (exact) mass is 415 g/mol. The van der Waals surface area contributed by atoms with E-state index in [-0.39, 0.29) is 5.91 Å². The molecule has 3 N–H and O–H groups in total. The summed E-state index contributed by atoms with van der Waals surface area (Å²) in [6.45, 7) is 4.19. The Morgan fingerprint density at radius 3 is 2.38 bits per heavy atom. The molecule has 1 saturated heterocycles. The maximum atomic E-state index is 12.2. The number of amides is 1. The predicted octanol–water partition coefficient (Wildman–Crippen LogP) is 2.17. The highest BCUT2D eigenvalue weighted by Crippen LogP contribution is 2.27. The molecule has 0 aliphatic carbocycles. The minimum atomic E-state index is -0.191. The SMILES string of the molecule is CN=C(NCCNC(=O)c1ccccc1Cl)N1CCN(c2ccccc2O)CC1. The Morgan fingerprint density at radius 1 is 1.03 bits per heavy atom. The fourth-order valence-corrected chi connectivity index (χ4v) is 3.54. The first-order chi connectivity index (χ1) is 14.1. The Kier molecular flexibility index (Phi) is 7.19. The van der Waals surface area contributed by atoms with Gasteiger partial charge in [-0.1, -0.05) is 35.9 Å². The lowest BCUT2D eigenvalue weighted by Gasteiger charge is -2.37. The maximum absolute atomic E-state index is 12.2. The summed E-state index contributed by atoms with van der Waals surface area (Å²) in [6, 6.07) is 14.4. The summed E-state index contributed by atoms with van der Waals surface area (Å²) in [5.74, 6) is 0.912. The molecular weight excluding hydrogens is 390 g/mol. The van der Waals surface area contributed by atoms with E-state index in [0.29, 0.717) is 29.4 Å². The number of phenols is 1. The van der Waals surface area contributed by atoms with Crippen molar-refractivity contribution in [3.8, 4) is 5.75 Å². The van der Waals surface area contributed by atoms with Gasteiger partial charge in [0.25, 0.3) is 5.91 Å². The molecule has 2 aromatic carbocycles. The Morgan fingerprint density at radius 2 is 1.69 bits per heavy atom. The van der Waals surface area contributed by atoms with Crippen LogP contribution in [0.5, 0.6) is 5.75 Å². The molecule has 0 spiro atoms. The first-order valence-electron chi connectivity index (χ1n) is 9.61. The molecule has 3 rings (SSSR count). The number of phenolic OH excluding ortho intramolecular Hbond substituents is 1. The first kappa shape index (κ1) is 20.8. The number of rotatable bonds is 5. The lowest BCUT2D eigenvalue weighted by molar-refractivity contribution is 0.0954. The molecule has 1 aliphatic rings. The molecule has 0 atom stereocenters. The van der Waals surface area contributed by atoms with Crippen molar-refractivity contribution in [2.24, 2.45) is 4.99 Å². The fourth-order valence-electron chi connectivity index (χ4n) is 3.31. The Bertz CT molecular complexity index is 866. The predicted molar refractivity (Wildman–Crippen MR) is 117 cm³/mol. The van der Waals surface area contributed by atoms with Gasteiger partial charge in [-0.3, -0.25) is 9.79 Å². The van der Waals surface area contributed by atoms with Crippen molar-refractivity contribution in [1.29, 1.82) is 0 Å². The number of nitrogens with zero attached hydrogens (tertiary/aromatic N) is 3. The van der Waals surface area contributed by atoms with Gasteiger partial charge in [-0.2, -0.15) is 0 Å². The molecule has 8 heteroatoms. The highest BCUT2D eigenvalue weighted by Gasteiger charge is 2.21. The van der Waals surface area contributed by atoms with E-state index in [0.717, 1.165) is 37.8 Å². The van der Waals surface area contributed by atoms with Crippen molar-refractivity contribution < 1.29 is 9.90 Å². The number of halogens is 1. The number of aliphatic imine (C=N–C) groups is 1. The fraction of sp³-hybridized carbons (Fsp3) is 0.333. The van der Waals surface area contributed by atoms with Gasteiger partial charge in [0, 0.05) is 46.3 Å². The van der Waals surface area contributed by atoms with Crippen molar-refractivity contribution in [2.75, 3.05) is 51.2 Å². The van der Waals surface area contributed by atoms with Gasteiger partial charge in [0.1, 0.15) is 5.75 Å². The van der Waals surface area contributed by atoms with E-state index in [2.05, 4.69) is 25.4 Å². The van der Waals surface area contributed by atoms with Crippen LogP contribution in [-0.2, 0) is 0 Å². The Hall–Kier alpha value is -2.93. The summed E-state index contributed by atoms with van der Waals surface area (Å²) in [4.78, 5) is 20.9. The van der Waals surface area contributed by atoms with E-state index in [1.54, 1.807) is 37.4 Å². The van der Waals surface area contributed by atoms with Crippen LogP contribution in [0.3, 0.4) is 0 Å². The number of guanidine groups is 1. The number of carbonyl (C=O) groups is 1. The van der Waals surface area contributed by atoms with Crippen LogP contribution in [0.4, 0.5) is 5.69 Å². The summed E-state index contributed by atoms with van der Waals surface area (Å²) in [6.07, 6.45) is 0. The molecular formula is C21H26ClN5O2. The van der Waals surface area contributed by atoms with Gasteiger partial charge in [-0.05, 0) is 24.3 Å². The first-order valence-corrected chi connectivity index (χ1v) is 9.99. The number of hydrogen-bond acceptors (Lipinski definition) is 4. The van der Waals surface area contributed by atoms with Crippen LogP contribution in [-0.4, -0.2) is 68.2 Å². The second-order valence-corrected chi connectivity index (χ2v) is 7.08. The number of aromatic hydroxyl groups is 1. The molecule has 0 aromatic heterocycles. The largest absolute Gasteiger partial charge is 0.506 e. The topological polar surface area (TPSA) is 80.2 Å². The third-order valence-electron chi connectivity index (χ3n) is 4.83. The van der Waals surface area contributed by atoms with Gasteiger partial charge >= 0.3 is 0 Å². The normalized spacial score (nSPS) is 14.6. The molecule has 1 fully saturated rings. The molecule has 1 aliphatic heterocycles. The second kappa shape index (κ2) is 10.0. The summed E-state index contributed by atoms with van der Waals surface area (Å²) in [7, 11) is 1.75. The van der Waals surface area contributed by atoms with E-state index >= 15 is 0 Å². The maximum Gasteiger partial charge on any atom is 0.252 e. The van der Waals surface area contributed by atoms with E-state index in [1.165, 1.54) is 0 Å². The third-order valence-corrected chi connectivity index (χ3v) is 5.16. The smallest absolute Gasteiger partial charge is 0.252 e. The number of anilines is 1. The quantitative estimate of drug-likeness (QED) is 0.396. The van der Waals surface area contributed by atoms with Gasteiger partial charge in [0.15, 0.2) is 5.96 Å². The number of carbonyl (C=O) groups excluding carboxylic acids is 1. The van der Waals surface area contributed by atoms with Crippen molar-refractivity contribution in [3.05, 3.63) is 59.1 Å². The summed E-state index contributed by atoms with van der Waals surface area (Å²) >= 11 is 6.05. The zero-order valence-electron chi connectivity index (χ0n) is 16.4. The number of benzene rings is 2. The highest BCUT2D eigenvalue weighted by atomic mass is 35.5. The standard InChI is InChI=1S/C21H26ClN5O2/c1-23-21(25-11-10-24-20(29)16-6-2-3-7-17(16)22)27-14-12-26(13-15-27)18-8-4-5-9-19(18)28/h2-9,28H,10-15H2,1H3,(H,23,25)(H,24,29). The van der Waals surface area contributed by atoms with Crippen molar-refractivity contribution >= 4 is 29.2 Å². The Labute approximate surface area is 176 Å². The summed E-state index contributed by atoms with van der Waals surface area (Å²) in [5, 5.41) is 16.6. The van der Waals surface area contributed by atoms with Crippen LogP contribution >= 0.6 is 11.6 Å². The molecule has 0 unspecified atom stereocenters. The van der Waals surface area contributed by atoms with Crippen molar-refractivity contribution in [1.82, 2.24) is 15.5 Å². The zero-order valence-corrected chi connectivity index (χ0v) is 17.2. The average molecular weight is 416 g/mol. The van der Waals surface area contributed by atoms with E-state index in [1.807, 2.05) is 18.2 Å². The molecule has 154 valence electrons. The van der Waals surface area contributed by atoms with Crippen LogP contribution in [0, 0.1) is 0 Å². The van der Waals surface area contributed by atoms with Gasteiger partial charge in [0.2, 0.25) is 0 Å². The highest BCUT2D eigenvalue weighted by molar-refractivity contribution is 6.33. The lowest BCUT2D eigenvalue weighted by Crippen LogP contribution is -2.53. The molecule has 2 aromatic rings. The minimum absolute atomic E-state index is 0.191. The molecule has 0 saturated carbocycles. The van der Waals surface area contributed by atoms with Gasteiger partial charge < -0.3 is 25.5 Å². The van der Waals surface area contributed by atoms with E-state index in [9.17, 15) is 9.90 Å². The van der Waals surface area contributed by atoms with Crippen LogP contribution in [0.15, 0.2) is 53.5 Å². The van der Waals surface area contributed by atoms with E-state index in [4.69, 9.17) is 11.6 Å². The number of para-hydroxylation sites is 2. The molecule has 0 radical (unpaired) electrons. The van der Waals surface area contributed by atoms with Crippen molar-refractivity contribution in [3.63, 3.8) is 0 Å². The lowest BCUT2D eigenvalue weighted by atomic mass is 10.2. The number of nitrogens with one attached hydrogen (secondary N) is 2. The van der Waals surface area contributed by atoms with Gasteiger partial charge in [0.05, 0.1) is 16.3 Å². The van der Waals surface area contributed by atoms with Gasteiger partial charge in [-0.25, -0.2) is 0 Å². The summed E-state index contributed by atoms with van der Waals surface area (Å²) in [5.41, 5.74) is 1.33.